The third kappa shape index (κ3) is 3.98. The summed E-state index contributed by atoms with van der Waals surface area (Å²) in [6.07, 6.45) is 1.46. The summed E-state index contributed by atoms with van der Waals surface area (Å²) >= 11 is 0. The van der Waals surface area contributed by atoms with Crippen LogP contribution in [0.4, 0.5) is 26.0 Å². The molecule has 21 heavy (non-hydrogen) atoms. The molecular weight excluding hydrogens is 276 g/mol. The van der Waals surface area contributed by atoms with Crippen molar-refractivity contribution >= 4 is 23.1 Å². The Morgan fingerprint density at radius 2 is 1.95 bits per heavy atom. The van der Waals surface area contributed by atoms with Gasteiger partial charge >= 0.3 is 0 Å². The number of amides is 1. The van der Waals surface area contributed by atoms with Crippen LogP contribution in [0.15, 0.2) is 36.5 Å². The zero-order chi connectivity index (χ0) is 15.4. The van der Waals surface area contributed by atoms with Gasteiger partial charge in [0.05, 0.1) is 17.6 Å². The molecule has 0 unspecified atom stereocenters. The number of pyridine rings is 1. The van der Waals surface area contributed by atoms with Crippen LogP contribution in [0.3, 0.4) is 0 Å². The lowest BCUT2D eigenvalue weighted by Gasteiger charge is -2.09. The van der Waals surface area contributed by atoms with E-state index in [-0.39, 0.29) is 17.5 Å². The van der Waals surface area contributed by atoms with Crippen molar-refractivity contribution < 1.29 is 13.6 Å². The van der Waals surface area contributed by atoms with Crippen molar-refractivity contribution in [3.63, 3.8) is 0 Å². The van der Waals surface area contributed by atoms with Gasteiger partial charge in [0.2, 0.25) is 5.91 Å². The van der Waals surface area contributed by atoms with Crippen LogP contribution in [-0.2, 0) is 4.79 Å². The average Bonchev–Trinajstić information content (AvgIpc) is 2.43. The minimum absolute atomic E-state index is 0.109. The van der Waals surface area contributed by atoms with Gasteiger partial charge < -0.3 is 10.6 Å². The second-order valence-electron chi connectivity index (χ2n) is 4.83. The normalized spacial score (nSPS) is 10.5. The third-order valence-electron chi connectivity index (χ3n) is 2.75. The van der Waals surface area contributed by atoms with Crippen molar-refractivity contribution in [1.82, 2.24) is 4.98 Å². The van der Waals surface area contributed by atoms with E-state index in [0.717, 1.165) is 12.1 Å². The van der Waals surface area contributed by atoms with Crippen molar-refractivity contribution in [2.75, 3.05) is 10.6 Å². The topological polar surface area (TPSA) is 54.0 Å². The third-order valence-corrected chi connectivity index (χ3v) is 2.75. The SMILES string of the molecule is CC(C)C(=O)Nc1ccc(Nc2ccc(F)cc2F)nc1. The van der Waals surface area contributed by atoms with Crippen LogP contribution in [0.2, 0.25) is 0 Å². The van der Waals surface area contributed by atoms with Crippen LogP contribution in [0, 0.1) is 17.6 Å². The van der Waals surface area contributed by atoms with E-state index in [2.05, 4.69) is 15.6 Å². The number of nitrogens with one attached hydrogen (secondary N) is 2. The number of aromatic nitrogens is 1. The fourth-order valence-corrected chi connectivity index (χ4v) is 1.56. The molecule has 0 bridgehead atoms. The summed E-state index contributed by atoms with van der Waals surface area (Å²) in [6.45, 7) is 3.58. The predicted molar refractivity (Wildman–Crippen MR) is 77.3 cm³/mol. The molecule has 0 fully saturated rings. The maximum atomic E-state index is 13.5. The lowest BCUT2D eigenvalue weighted by atomic mass is 10.2. The molecule has 0 radical (unpaired) electrons. The summed E-state index contributed by atoms with van der Waals surface area (Å²) in [4.78, 5) is 15.6. The largest absolute Gasteiger partial charge is 0.338 e. The average molecular weight is 291 g/mol. The van der Waals surface area contributed by atoms with Crippen molar-refractivity contribution in [3.05, 3.63) is 48.2 Å². The highest BCUT2D eigenvalue weighted by Gasteiger charge is 2.08. The molecule has 0 spiro atoms. The minimum atomic E-state index is -0.700. The summed E-state index contributed by atoms with van der Waals surface area (Å²) in [5.74, 6) is -1.19. The summed E-state index contributed by atoms with van der Waals surface area (Å²) in [6, 6.07) is 6.48. The summed E-state index contributed by atoms with van der Waals surface area (Å²) in [5.41, 5.74) is 0.682. The van der Waals surface area contributed by atoms with E-state index in [1.165, 1.54) is 12.3 Å². The fraction of sp³-hybridized carbons (Fsp3) is 0.200. The number of benzene rings is 1. The summed E-state index contributed by atoms with van der Waals surface area (Å²) in [7, 11) is 0. The predicted octanol–water partition coefficient (Wildman–Crippen LogP) is 3.70. The van der Waals surface area contributed by atoms with Gasteiger partial charge in [-0.15, -0.1) is 0 Å². The number of anilines is 3. The van der Waals surface area contributed by atoms with E-state index in [9.17, 15) is 13.6 Å². The monoisotopic (exact) mass is 291 g/mol. The Kier molecular flexibility index (Phi) is 4.47. The lowest BCUT2D eigenvalue weighted by molar-refractivity contribution is -0.118. The molecule has 4 nitrogen and oxygen atoms in total. The number of nitrogens with zero attached hydrogens (tertiary/aromatic N) is 1. The van der Waals surface area contributed by atoms with Crippen molar-refractivity contribution in [3.8, 4) is 0 Å². The van der Waals surface area contributed by atoms with E-state index in [4.69, 9.17) is 0 Å². The Balaban J connectivity index is 2.07. The first-order valence-corrected chi connectivity index (χ1v) is 6.44. The Hall–Kier alpha value is -2.50. The molecule has 1 heterocycles. The van der Waals surface area contributed by atoms with Crippen LogP contribution >= 0.6 is 0 Å². The second-order valence-corrected chi connectivity index (χ2v) is 4.83. The molecule has 1 amide bonds. The Morgan fingerprint density at radius 1 is 1.19 bits per heavy atom. The van der Waals surface area contributed by atoms with E-state index >= 15 is 0 Å². The number of carbonyl (C=O) groups is 1. The molecule has 0 atom stereocenters. The van der Waals surface area contributed by atoms with Crippen molar-refractivity contribution in [2.45, 2.75) is 13.8 Å². The molecule has 1 aromatic carbocycles. The molecule has 0 aliphatic heterocycles. The fourth-order valence-electron chi connectivity index (χ4n) is 1.56. The zero-order valence-electron chi connectivity index (χ0n) is 11.7. The Bertz CT molecular complexity index is 642. The quantitative estimate of drug-likeness (QED) is 0.903. The van der Waals surface area contributed by atoms with E-state index in [1.54, 1.807) is 26.0 Å². The molecule has 1 aromatic heterocycles. The van der Waals surface area contributed by atoms with Gasteiger partial charge in [0, 0.05) is 12.0 Å². The van der Waals surface area contributed by atoms with Crippen LogP contribution in [-0.4, -0.2) is 10.9 Å². The maximum Gasteiger partial charge on any atom is 0.226 e. The smallest absolute Gasteiger partial charge is 0.226 e. The lowest BCUT2D eigenvalue weighted by Crippen LogP contribution is -2.17. The van der Waals surface area contributed by atoms with Gasteiger partial charge in [-0.25, -0.2) is 13.8 Å². The van der Waals surface area contributed by atoms with Gasteiger partial charge in [-0.3, -0.25) is 4.79 Å². The summed E-state index contributed by atoms with van der Waals surface area (Å²) in [5, 5.41) is 5.44. The highest BCUT2D eigenvalue weighted by atomic mass is 19.1. The van der Waals surface area contributed by atoms with Gasteiger partial charge in [0.15, 0.2) is 0 Å². The molecule has 2 aromatic rings. The first kappa shape index (κ1) is 14.9. The second kappa shape index (κ2) is 6.30. The van der Waals surface area contributed by atoms with Crippen LogP contribution < -0.4 is 10.6 Å². The zero-order valence-corrected chi connectivity index (χ0v) is 11.7. The Labute approximate surface area is 121 Å². The minimum Gasteiger partial charge on any atom is -0.338 e. The molecule has 0 saturated carbocycles. The molecule has 2 N–H and O–H groups in total. The molecule has 2 rings (SSSR count). The van der Waals surface area contributed by atoms with Crippen LogP contribution in [0.5, 0.6) is 0 Å². The molecule has 0 aliphatic carbocycles. The van der Waals surface area contributed by atoms with Gasteiger partial charge in [-0.1, -0.05) is 13.8 Å². The highest BCUT2D eigenvalue weighted by Crippen LogP contribution is 2.20. The standard InChI is InChI=1S/C15H15F2N3O/c1-9(2)15(21)19-11-4-6-14(18-8-11)20-13-5-3-10(16)7-12(13)17/h3-9H,1-2H3,(H,18,20)(H,19,21). The number of carbonyl (C=O) groups excluding carboxylic acids is 1. The first-order valence-electron chi connectivity index (χ1n) is 6.44. The van der Waals surface area contributed by atoms with E-state index < -0.39 is 11.6 Å². The number of hydrogen-bond acceptors (Lipinski definition) is 3. The van der Waals surface area contributed by atoms with Gasteiger partial charge in [-0.2, -0.15) is 0 Å². The molecule has 6 heteroatoms. The maximum absolute atomic E-state index is 13.5. The van der Waals surface area contributed by atoms with Crippen molar-refractivity contribution in [1.29, 1.82) is 0 Å². The van der Waals surface area contributed by atoms with Gasteiger partial charge in [-0.05, 0) is 24.3 Å². The molecule has 110 valence electrons. The van der Waals surface area contributed by atoms with E-state index in [0.29, 0.717) is 11.5 Å². The molecule has 0 aliphatic rings. The number of halogens is 2. The molecule has 0 saturated heterocycles. The van der Waals surface area contributed by atoms with Gasteiger partial charge in [0.25, 0.3) is 0 Å². The Morgan fingerprint density at radius 3 is 2.52 bits per heavy atom. The summed E-state index contributed by atoms with van der Waals surface area (Å²) < 4.78 is 26.3. The highest BCUT2D eigenvalue weighted by molar-refractivity contribution is 5.91. The molecular formula is C15H15F2N3O. The van der Waals surface area contributed by atoms with Crippen LogP contribution in [0.1, 0.15) is 13.8 Å². The van der Waals surface area contributed by atoms with Gasteiger partial charge in [0.1, 0.15) is 17.5 Å². The number of rotatable bonds is 4. The van der Waals surface area contributed by atoms with Crippen molar-refractivity contribution in [2.24, 2.45) is 5.92 Å². The first-order chi connectivity index (χ1) is 9.95. The van der Waals surface area contributed by atoms with E-state index in [1.807, 2.05) is 0 Å². The van der Waals surface area contributed by atoms with Crippen LogP contribution in [0.25, 0.3) is 0 Å². The number of hydrogen-bond donors (Lipinski definition) is 2.